The lowest BCUT2D eigenvalue weighted by atomic mass is 9.85. The Labute approximate surface area is 116 Å². The van der Waals surface area contributed by atoms with Gasteiger partial charge in [-0.15, -0.1) is 0 Å². The van der Waals surface area contributed by atoms with Gasteiger partial charge in [0.15, 0.2) is 0 Å². The molecule has 0 aromatic rings. The number of ether oxygens (including phenoxy) is 1. The van der Waals surface area contributed by atoms with Crippen molar-refractivity contribution in [2.75, 3.05) is 18.1 Å². The number of nitrogens with one attached hydrogen (secondary N) is 1. The van der Waals surface area contributed by atoms with Gasteiger partial charge in [-0.05, 0) is 56.5 Å². The Morgan fingerprint density at radius 2 is 2.06 bits per heavy atom. The Hall–Kier alpha value is 0.270. The third-order valence-electron chi connectivity index (χ3n) is 4.80. The molecule has 3 fully saturated rings. The van der Waals surface area contributed by atoms with Crippen LogP contribution in [0.25, 0.3) is 0 Å². The number of hydrogen-bond donors (Lipinski definition) is 1. The summed E-state index contributed by atoms with van der Waals surface area (Å²) in [6.07, 6.45) is 9.34. The third kappa shape index (κ3) is 3.43. The molecule has 1 N–H and O–H groups in total. The van der Waals surface area contributed by atoms with Crippen LogP contribution >= 0.6 is 11.8 Å². The Kier molecular flexibility index (Phi) is 4.21. The molecule has 104 valence electrons. The fourth-order valence-electron chi connectivity index (χ4n) is 3.59. The molecule has 2 saturated heterocycles. The lowest BCUT2D eigenvalue weighted by Crippen LogP contribution is -2.50. The molecule has 2 nitrogen and oxygen atoms in total. The van der Waals surface area contributed by atoms with Crippen LogP contribution in [-0.2, 0) is 4.74 Å². The van der Waals surface area contributed by atoms with Gasteiger partial charge in [0.25, 0.3) is 0 Å². The minimum absolute atomic E-state index is 0.237. The molecule has 3 heteroatoms. The average Bonchev–Trinajstić information content (AvgIpc) is 3.14. The van der Waals surface area contributed by atoms with E-state index in [-0.39, 0.29) is 5.60 Å². The number of rotatable bonds is 4. The first-order valence-corrected chi connectivity index (χ1v) is 8.89. The van der Waals surface area contributed by atoms with Crippen LogP contribution in [-0.4, -0.2) is 35.8 Å². The van der Waals surface area contributed by atoms with Crippen LogP contribution in [0.5, 0.6) is 0 Å². The molecule has 2 atom stereocenters. The molecule has 1 saturated carbocycles. The molecule has 1 aliphatic carbocycles. The van der Waals surface area contributed by atoms with Crippen LogP contribution in [0.4, 0.5) is 0 Å². The van der Waals surface area contributed by atoms with E-state index < -0.39 is 0 Å². The number of thioether (sulfide) groups is 1. The second-order valence-electron chi connectivity index (χ2n) is 6.58. The highest BCUT2D eigenvalue weighted by Crippen LogP contribution is 2.38. The van der Waals surface area contributed by atoms with E-state index in [1.54, 1.807) is 0 Å². The van der Waals surface area contributed by atoms with Gasteiger partial charge in [0, 0.05) is 18.7 Å². The fraction of sp³-hybridized carbons (Fsp3) is 1.00. The van der Waals surface area contributed by atoms with Crippen LogP contribution < -0.4 is 5.32 Å². The summed E-state index contributed by atoms with van der Waals surface area (Å²) in [4.78, 5) is 0. The highest BCUT2D eigenvalue weighted by molar-refractivity contribution is 7.99. The van der Waals surface area contributed by atoms with E-state index >= 15 is 0 Å². The fourth-order valence-corrected chi connectivity index (χ4v) is 4.82. The number of hydrogen-bond acceptors (Lipinski definition) is 3. The van der Waals surface area contributed by atoms with Crippen molar-refractivity contribution in [3.63, 3.8) is 0 Å². The van der Waals surface area contributed by atoms with E-state index in [0.29, 0.717) is 12.1 Å². The second kappa shape index (κ2) is 5.72. The zero-order valence-electron chi connectivity index (χ0n) is 11.6. The molecule has 18 heavy (non-hydrogen) atoms. The lowest BCUT2D eigenvalue weighted by Gasteiger charge is -2.44. The summed E-state index contributed by atoms with van der Waals surface area (Å²) in [5.41, 5.74) is 0.237. The molecule has 0 bridgehead atoms. The summed E-state index contributed by atoms with van der Waals surface area (Å²) >= 11 is 2.09. The molecule has 2 unspecified atom stereocenters. The van der Waals surface area contributed by atoms with Crippen LogP contribution in [0, 0.1) is 5.92 Å². The highest BCUT2D eigenvalue weighted by atomic mass is 32.2. The van der Waals surface area contributed by atoms with Crippen molar-refractivity contribution < 1.29 is 4.74 Å². The first kappa shape index (κ1) is 13.3. The molecule has 0 aromatic heterocycles. The summed E-state index contributed by atoms with van der Waals surface area (Å²) in [5.74, 6) is 3.63. The standard InChI is InChI=1S/C15H27NOS/c1-12(10-13-2-3-13)16-14-4-7-17-15(11-14)5-8-18-9-6-15/h12-14,16H,2-11H2,1H3. The quantitative estimate of drug-likeness (QED) is 0.847. The van der Waals surface area contributed by atoms with Crippen molar-refractivity contribution in [3.8, 4) is 0 Å². The largest absolute Gasteiger partial charge is 0.375 e. The van der Waals surface area contributed by atoms with E-state index in [9.17, 15) is 0 Å². The van der Waals surface area contributed by atoms with Gasteiger partial charge < -0.3 is 10.1 Å². The second-order valence-corrected chi connectivity index (χ2v) is 7.81. The van der Waals surface area contributed by atoms with E-state index in [1.165, 1.54) is 56.5 Å². The van der Waals surface area contributed by atoms with E-state index in [0.717, 1.165) is 12.5 Å². The third-order valence-corrected chi connectivity index (χ3v) is 5.79. The van der Waals surface area contributed by atoms with Gasteiger partial charge >= 0.3 is 0 Å². The predicted octanol–water partition coefficient (Wildman–Crippen LogP) is 3.21. The molecule has 3 rings (SSSR count). The smallest absolute Gasteiger partial charge is 0.0713 e. The minimum atomic E-state index is 0.237. The maximum absolute atomic E-state index is 6.16. The lowest BCUT2D eigenvalue weighted by molar-refractivity contribution is -0.0941. The monoisotopic (exact) mass is 269 g/mol. The van der Waals surface area contributed by atoms with Gasteiger partial charge in [0.05, 0.1) is 5.60 Å². The zero-order valence-corrected chi connectivity index (χ0v) is 12.4. The first-order valence-electron chi connectivity index (χ1n) is 7.74. The normalized spacial score (nSPS) is 33.5. The van der Waals surface area contributed by atoms with Crippen molar-refractivity contribution in [2.45, 2.75) is 69.6 Å². The highest BCUT2D eigenvalue weighted by Gasteiger charge is 2.39. The molecule has 2 aliphatic heterocycles. The zero-order chi connectivity index (χ0) is 12.4. The van der Waals surface area contributed by atoms with Crippen molar-refractivity contribution in [1.29, 1.82) is 0 Å². The molecule has 0 radical (unpaired) electrons. The average molecular weight is 269 g/mol. The van der Waals surface area contributed by atoms with Gasteiger partial charge in [0.2, 0.25) is 0 Å². The van der Waals surface area contributed by atoms with Gasteiger partial charge in [-0.25, -0.2) is 0 Å². The minimum Gasteiger partial charge on any atom is -0.375 e. The van der Waals surface area contributed by atoms with Crippen molar-refractivity contribution in [2.24, 2.45) is 5.92 Å². The van der Waals surface area contributed by atoms with E-state index in [4.69, 9.17) is 4.74 Å². The Bertz CT molecular complexity index is 268. The summed E-state index contributed by atoms with van der Waals surface area (Å²) in [6, 6.07) is 1.41. The van der Waals surface area contributed by atoms with E-state index in [1.807, 2.05) is 0 Å². The van der Waals surface area contributed by atoms with Crippen LogP contribution in [0.2, 0.25) is 0 Å². The molecule has 0 aromatic carbocycles. The van der Waals surface area contributed by atoms with Crippen LogP contribution in [0.15, 0.2) is 0 Å². The van der Waals surface area contributed by atoms with Gasteiger partial charge in [0.1, 0.15) is 0 Å². The van der Waals surface area contributed by atoms with Gasteiger partial charge in [-0.1, -0.05) is 12.8 Å². The van der Waals surface area contributed by atoms with Gasteiger partial charge in [-0.3, -0.25) is 0 Å². The van der Waals surface area contributed by atoms with Crippen LogP contribution in [0.1, 0.15) is 51.9 Å². The molecule has 3 aliphatic rings. The van der Waals surface area contributed by atoms with Crippen LogP contribution in [0.3, 0.4) is 0 Å². The van der Waals surface area contributed by atoms with Crippen molar-refractivity contribution >= 4 is 11.8 Å². The maximum atomic E-state index is 6.16. The van der Waals surface area contributed by atoms with Gasteiger partial charge in [-0.2, -0.15) is 11.8 Å². The summed E-state index contributed by atoms with van der Waals surface area (Å²) in [7, 11) is 0. The molecular weight excluding hydrogens is 242 g/mol. The Morgan fingerprint density at radius 1 is 1.28 bits per heavy atom. The maximum Gasteiger partial charge on any atom is 0.0713 e. The van der Waals surface area contributed by atoms with Crippen molar-refractivity contribution in [3.05, 3.63) is 0 Å². The van der Waals surface area contributed by atoms with Crippen molar-refractivity contribution in [1.82, 2.24) is 5.32 Å². The first-order chi connectivity index (χ1) is 8.76. The summed E-state index contributed by atoms with van der Waals surface area (Å²) < 4.78 is 6.16. The summed E-state index contributed by atoms with van der Waals surface area (Å²) in [5, 5.41) is 3.87. The molecular formula is C15H27NOS. The topological polar surface area (TPSA) is 21.3 Å². The molecule has 2 heterocycles. The SMILES string of the molecule is CC(CC1CC1)NC1CCOC2(CCSCC2)C1. The Morgan fingerprint density at radius 3 is 2.78 bits per heavy atom. The predicted molar refractivity (Wildman–Crippen MR) is 78.2 cm³/mol. The molecule has 0 amide bonds. The molecule has 1 spiro atoms. The Balaban J connectivity index is 1.49. The summed E-state index contributed by atoms with van der Waals surface area (Å²) in [6.45, 7) is 3.34. The van der Waals surface area contributed by atoms with E-state index in [2.05, 4.69) is 24.0 Å².